The Hall–Kier alpha value is -1.81. The zero-order chi connectivity index (χ0) is 19.5. The van der Waals surface area contributed by atoms with Crippen molar-refractivity contribution < 1.29 is 13.7 Å². The van der Waals surface area contributed by atoms with E-state index in [9.17, 15) is 4.21 Å². The molecule has 0 saturated heterocycles. The number of benzene rings is 2. The summed E-state index contributed by atoms with van der Waals surface area (Å²) in [7, 11) is 2.38. The molecule has 28 heavy (non-hydrogen) atoms. The Morgan fingerprint density at radius 3 is 2.54 bits per heavy atom. The molecule has 1 unspecified atom stereocenters. The minimum absolute atomic E-state index is 0. The number of hydrogen-bond donors (Lipinski definition) is 2. The minimum atomic E-state index is -0.928. The molecule has 0 fully saturated rings. The van der Waals surface area contributed by atoms with Gasteiger partial charge in [-0.25, -0.2) is 0 Å². The van der Waals surface area contributed by atoms with Gasteiger partial charge in [0.25, 0.3) is 0 Å². The van der Waals surface area contributed by atoms with Crippen LogP contribution in [-0.2, 0) is 16.6 Å². The van der Waals surface area contributed by atoms with Crippen LogP contribution in [0.15, 0.2) is 53.5 Å². The van der Waals surface area contributed by atoms with Gasteiger partial charge in [-0.15, -0.1) is 24.0 Å². The lowest BCUT2D eigenvalue weighted by Gasteiger charge is -2.14. The fourth-order valence-electron chi connectivity index (χ4n) is 2.45. The van der Waals surface area contributed by atoms with Gasteiger partial charge in [0.15, 0.2) is 17.5 Å². The molecule has 0 saturated carbocycles. The van der Waals surface area contributed by atoms with Gasteiger partial charge in [0.1, 0.15) is 0 Å². The summed E-state index contributed by atoms with van der Waals surface area (Å²) in [6.07, 6.45) is 0. The zero-order valence-corrected chi connectivity index (χ0v) is 19.6. The topological polar surface area (TPSA) is 72.0 Å². The quantitative estimate of drug-likeness (QED) is 0.302. The van der Waals surface area contributed by atoms with Crippen molar-refractivity contribution in [3.8, 4) is 11.5 Å². The molecule has 0 bridgehead atoms. The van der Waals surface area contributed by atoms with Gasteiger partial charge in [-0.3, -0.25) is 9.20 Å². The van der Waals surface area contributed by atoms with E-state index in [-0.39, 0.29) is 24.0 Å². The molecule has 0 heterocycles. The number of methoxy groups -OCH3 is 1. The molecule has 0 aliphatic carbocycles. The maximum absolute atomic E-state index is 12.2. The Bertz CT molecular complexity index is 773. The van der Waals surface area contributed by atoms with E-state index < -0.39 is 10.8 Å². The second kappa shape index (κ2) is 13.4. The van der Waals surface area contributed by atoms with Crippen molar-refractivity contribution in [1.29, 1.82) is 0 Å². The summed E-state index contributed by atoms with van der Waals surface area (Å²) in [6.45, 7) is 3.04. The lowest BCUT2D eigenvalue weighted by Crippen LogP contribution is -2.33. The minimum Gasteiger partial charge on any atom is -0.493 e. The average molecular weight is 517 g/mol. The van der Waals surface area contributed by atoms with Crippen LogP contribution in [0.3, 0.4) is 0 Å². The van der Waals surface area contributed by atoms with Gasteiger partial charge in [-0.1, -0.05) is 30.3 Å². The first kappa shape index (κ1) is 24.2. The van der Waals surface area contributed by atoms with E-state index in [1.54, 1.807) is 14.2 Å². The first-order chi connectivity index (χ1) is 13.2. The summed E-state index contributed by atoms with van der Waals surface area (Å²) in [5, 5.41) is 6.40. The number of guanidine groups is 1. The number of nitrogens with zero attached hydrogens (tertiary/aromatic N) is 1. The van der Waals surface area contributed by atoms with E-state index in [4.69, 9.17) is 9.47 Å². The van der Waals surface area contributed by atoms with Crippen molar-refractivity contribution >= 4 is 46.4 Å². The summed E-state index contributed by atoms with van der Waals surface area (Å²) in [4.78, 5) is 4.21. The standard InChI is InChI=1S/C20H27N3O3S.HI/c1-4-26-19-14-17(10-11-18(19)25-3)23-20(21-2)22-12-13-27(24)15-16-8-6-5-7-9-16;/h5-11,14H,4,12-13,15H2,1-3H3,(H2,21,22,23);1H. The first-order valence-electron chi connectivity index (χ1n) is 8.83. The predicted molar refractivity (Wildman–Crippen MR) is 128 cm³/mol. The fraction of sp³-hybridized carbons (Fsp3) is 0.350. The van der Waals surface area contributed by atoms with Crippen molar-refractivity contribution in [3.05, 3.63) is 54.1 Å². The Morgan fingerprint density at radius 2 is 1.89 bits per heavy atom. The Labute approximate surface area is 186 Å². The van der Waals surface area contributed by atoms with Gasteiger partial charge in [0.2, 0.25) is 0 Å². The number of anilines is 1. The first-order valence-corrected chi connectivity index (χ1v) is 10.3. The molecular formula is C20H28IN3O3S. The molecule has 154 valence electrons. The number of aliphatic imine (C=N–C) groups is 1. The molecule has 2 aromatic rings. The van der Waals surface area contributed by atoms with Gasteiger partial charge in [0, 0.05) is 47.7 Å². The second-order valence-corrected chi connectivity index (χ2v) is 7.27. The third-order valence-electron chi connectivity index (χ3n) is 3.74. The molecule has 1 atom stereocenters. The predicted octanol–water partition coefficient (Wildman–Crippen LogP) is 3.65. The molecule has 2 N–H and O–H groups in total. The molecule has 6 nitrogen and oxygen atoms in total. The van der Waals surface area contributed by atoms with Crippen molar-refractivity contribution in [3.63, 3.8) is 0 Å². The summed E-state index contributed by atoms with van der Waals surface area (Å²) in [5.41, 5.74) is 1.91. The third-order valence-corrected chi connectivity index (χ3v) is 5.06. The number of rotatable bonds is 9. The summed E-state index contributed by atoms with van der Waals surface area (Å²) >= 11 is 0. The van der Waals surface area contributed by atoms with Crippen molar-refractivity contribution in [2.45, 2.75) is 12.7 Å². The summed E-state index contributed by atoms with van der Waals surface area (Å²) in [6, 6.07) is 15.5. The molecule has 0 amide bonds. The van der Waals surface area contributed by atoms with Crippen LogP contribution in [0.5, 0.6) is 11.5 Å². The summed E-state index contributed by atoms with van der Waals surface area (Å²) in [5.74, 6) is 3.07. The number of hydrogen-bond acceptors (Lipinski definition) is 4. The summed E-state index contributed by atoms with van der Waals surface area (Å²) < 4.78 is 23.1. The fourth-order valence-corrected chi connectivity index (χ4v) is 3.49. The molecule has 2 aromatic carbocycles. The number of halogens is 1. The van der Waals surface area contributed by atoms with Crippen LogP contribution in [0.4, 0.5) is 5.69 Å². The largest absolute Gasteiger partial charge is 0.493 e. The van der Waals surface area contributed by atoms with Crippen molar-refractivity contribution in [2.24, 2.45) is 4.99 Å². The van der Waals surface area contributed by atoms with Gasteiger partial charge in [0.05, 0.1) is 13.7 Å². The van der Waals surface area contributed by atoms with Crippen LogP contribution in [0.25, 0.3) is 0 Å². The monoisotopic (exact) mass is 517 g/mol. The van der Waals surface area contributed by atoms with Crippen LogP contribution in [-0.4, -0.2) is 43.2 Å². The molecule has 0 aliphatic rings. The zero-order valence-electron chi connectivity index (χ0n) is 16.4. The molecule has 2 rings (SSSR count). The SMILES string of the molecule is CCOc1cc(NC(=NC)NCCS(=O)Cc2ccccc2)ccc1OC.I. The van der Waals surface area contributed by atoms with Crippen molar-refractivity contribution in [2.75, 3.05) is 38.4 Å². The average Bonchev–Trinajstić information content (AvgIpc) is 2.68. The molecular weight excluding hydrogens is 489 g/mol. The molecule has 0 radical (unpaired) electrons. The number of ether oxygens (including phenoxy) is 2. The van der Waals surface area contributed by atoms with Gasteiger partial charge in [-0.2, -0.15) is 0 Å². The van der Waals surface area contributed by atoms with E-state index in [1.807, 2.05) is 55.5 Å². The van der Waals surface area contributed by atoms with Gasteiger partial charge < -0.3 is 20.1 Å². The van der Waals surface area contributed by atoms with Crippen molar-refractivity contribution in [1.82, 2.24) is 5.32 Å². The van der Waals surface area contributed by atoms with E-state index in [0.717, 1.165) is 11.3 Å². The van der Waals surface area contributed by atoms with Crippen LogP contribution < -0.4 is 20.1 Å². The van der Waals surface area contributed by atoms with Crippen LogP contribution >= 0.6 is 24.0 Å². The van der Waals surface area contributed by atoms with Crippen LogP contribution in [0, 0.1) is 0 Å². The smallest absolute Gasteiger partial charge is 0.195 e. The van der Waals surface area contributed by atoms with E-state index >= 15 is 0 Å². The Balaban J connectivity index is 0.00000392. The normalized spacial score (nSPS) is 11.9. The lowest BCUT2D eigenvalue weighted by atomic mass is 10.2. The Kier molecular flexibility index (Phi) is 11.6. The van der Waals surface area contributed by atoms with E-state index in [0.29, 0.717) is 42.1 Å². The highest BCUT2D eigenvalue weighted by Gasteiger charge is 2.07. The van der Waals surface area contributed by atoms with Crippen LogP contribution in [0.1, 0.15) is 12.5 Å². The van der Waals surface area contributed by atoms with Gasteiger partial charge >= 0.3 is 0 Å². The highest BCUT2D eigenvalue weighted by molar-refractivity contribution is 14.0. The van der Waals surface area contributed by atoms with Crippen LogP contribution in [0.2, 0.25) is 0 Å². The second-order valence-electron chi connectivity index (χ2n) is 5.70. The molecule has 8 heteroatoms. The third kappa shape index (κ3) is 8.05. The lowest BCUT2D eigenvalue weighted by molar-refractivity contribution is 0.311. The molecule has 0 spiro atoms. The van der Waals surface area contributed by atoms with E-state index in [1.165, 1.54) is 0 Å². The number of nitrogens with one attached hydrogen (secondary N) is 2. The van der Waals surface area contributed by atoms with E-state index in [2.05, 4.69) is 15.6 Å². The highest BCUT2D eigenvalue weighted by atomic mass is 127. The molecule has 0 aliphatic heterocycles. The maximum atomic E-state index is 12.2. The Morgan fingerprint density at radius 1 is 1.14 bits per heavy atom. The molecule has 0 aromatic heterocycles. The highest BCUT2D eigenvalue weighted by Crippen LogP contribution is 2.30. The maximum Gasteiger partial charge on any atom is 0.195 e. The van der Waals surface area contributed by atoms with Gasteiger partial charge in [-0.05, 0) is 24.6 Å².